The molecule has 0 amide bonds. The fourth-order valence-electron chi connectivity index (χ4n) is 2.16. The Kier molecular flexibility index (Phi) is 4.53. The molecule has 2 aromatic rings. The van der Waals surface area contributed by atoms with Crippen LogP contribution in [0.1, 0.15) is 31.9 Å². The molecule has 0 radical (unpaired) electrons. The monoisotopic (exact) mass is 286 g/mol. The van der Waals surface area contributed by atoms with Crippen LogP contribution in [0.5, 0.6) is 17.2 Å². The average molecular weight is 286 g/mol. The van der Waals surface area contributed by atoms with Gasteiger partial charge >= 0.3 is 0 Å². The highest BCUT2D eigenvalue weighted by Gasteiger charge is 2.20. The van der Waals surface area contributed by atoms with Gasteiger partial charge in [0, 0.05) is 11.1 Å². The molecular weight excluding hydrogens is 264 g/mol. The molecule has 0 saturated heterocycles. The van der Waals surface area contributed by atoms with Crippen LogP contribution in [0.3, 0.4) is 0 Å². The van der Waals surface area contributed by atoms with Gasteiger partial charge in [0.05, 0.1) is 13.7 Å². The molecule has 3 heteroatoms. The molecule has 0 aliphatic heterocycles. The van der Waals surface area contributed by atoms with Crippen molar-refractivity contribution in [1.29, 1.82) is 0 Å². The summed E-state index contributed by atoms with van der Waals surface area (Å²) >= 11 is 0. The van der Waals surface area contributed by atoms with E-state index in [9.17, 15) is 5.11 Å². The predicted molar refractivity (Wildman–Crippen MR) is 84.1 cm³/mol. The van der Waals surface area contributed by atoms with Gasteiger partial charge in [-0.25, -0.2) is 0 Å². The van der Waals surface area contributed by atoms with Gasteiger partial charge in [-0.15, -0.1) is 0 Å². The van der Waals surface area contributed by atoms with Gasteiger partial charge in [0.25, 0.3) is 0 Å². The summed E-state index contributed by atoms with van der Waals surface area (Å²) in [4.78, 5) is 0. The fraction of sp³-hybridized carbons (Fsp3) is 0.333. The van der Waals surface area contributed by atoms with Crippen molar-refractivity contribution in [3.8, 4) is 17.2 Å². The maximum Gasteiger partial charge on any atom is 0.132 e. The summed E-state index contributed by atoms with van der Waals surface area (Å²) in [6, 6.07) is 13.3. The fourth-order valence-corrected chi connectivity index (χ4v) is 2.16. The SMILES string of the molecule is COc1ccc(Oc2ccccc2CO)c(C(C)(C)C)c1. The van der Waals surface area contributed by atoms with E-state index in [1.807, 2.05) is 42.5 Å². The molecule has 2 rings (SSSR count). The maximum absolute atomic E-state index is 9.41. The van der Waals surface area contributed by atoms with Gasteiger partial charge < -0.3 is 14.6 Å². The highest BCUT2D eigenvalue weighted by Crippen LogP contribution is 2.37. The molecule has 0 spiro atoms. The van der Waals surface area contributed by atoms with Crippen LogP contribution in [-0.2, 0) is 12.0 Å². The molecule has 1 N–H and O–H groups in total. The smallest absolute Gasteiger partial charge is 0.132 e. The molecule has 0 aliphatic rings. The second-order valence-corrected chi connectivity index (χ2v) is 5.98. The summed E-state index contributed by atoms with van der Waals surface area (Å²) in [5, 5.41) is 9.41. The summed E-state index contributed by atoms with van der Waals surface area (Å²) in [7, 11) is 1.66. The molecule has 0 atom stereocenters. The van der Waals surface area contributed by atoms with Crippen LogP contribution in [0.15, 0.2) is 42.5 Å². The summed E-state index contributed by atoms with van der Waals surface area (Å²) in [5.41, 5.74) is 1.76. The molecule has 0 aliphatic carbocycles. The second-order valence-electron chi connectivity index (χ2n) is 5.98. The largest absolute Gasteiger partial charge is 0.497 e. The van der Waals surface area contributed by atoms with Crippen molar-refractivity contribution in [2.45, 2.75) is 32.8 Å². The topological polar surface area (TPSA) is 38.7 Å². The van der Waals surface area contributed by atoms with Crippen molar-refractivity contribution in [2.75, 3.05) is 7.11 Å². The third kappa shape index (κ3) is 3.56. The minimum atomic E-state index is -0.0714. The van der Waals surface area contributed by atoms with Crippen molar-refractivity contribution >= 4 is 0 Å². The van der Waals surface area contributed by atoms with E-state index >= 15 is 0 Å². The molecule has 0 unspecified atom stereocenters. The lowest BCUT2D eigenvalue weighted by Gasteiger charge is -2.24. The average Bonchev–Trinajstić information content (AvgIpc) is 2.47. The number of hydrogen-bond donors (Lipinski definition) is 1. The van der Waals surface area contributed by atoms with Gasteiger partial charge in [0.1, 0.15) is 17.2 Å². The normalized spacial score (nSPS) is 11.3. The molecule has 2 aromatic carbocycles. The number of aliphatic hydroxyl groups is 1. The Balaban J connectivity index is 2.44. The van der Waals surface area contributed by atoms with Crippen molar-refractivity contribution < 1.29 is 14.6 Å². The van der Waals surface area contributed by atoms with Gasteiger partial charge in [-0.3, -0.25) is 0 Å². The van der Waals surface area contributed by atoms with E-state index in [0.29, 0.717) is 5.75 Å². The van der Waals surface area contributed by atoms with Crippen LogP contribution in [0, 0.1) is 0 Å². The lowest BCUT2D eigenvalue weighted by Crippen LogP contribution is -2.13. The Bertz CT molecular complexity index is 612. The molecule has 0 bridgehead atoms. The van der Waals surface area contributed by atoms with Crippen molar-refractivity contribution in [2.24, 2.45) is 0 Å². The van der Waals surface area contributed by atoms with Crippen LogP contribution in [-0.4, -0.2) is 12.2 Å². The van der Waals surface area contributed by atoms with E-state index in [0.717, 1.165) is 22.6 Å². The molecule has 3 nitrogen and oxygen atoms in total. The van der Waals surface area contributed by atoms with E-state index in [4.69, 9.17) is 9.47 Å². The van der Waals surface area contributed by atoms with Gasteiger partial charge in [-0.1, -0.05) is 39.0 Å². The van der Waals surface area contributed by atoms with Gasteiger partial charge in [-0.2, -0.15) is 0 Å². The number of rotatable bonds is 4. The first-order valence-electron chi connectivity index (χ1n) is 7.01. The van der Waals surface area contributed by atoms with E-state index < -0.39 is 0 Å². The second kappa shape index (κ2) is 6.19. The number of aliphatic hydroxyl groups excluding tert-OH is 1. The van der Waals surface area contributed by atoms with E-state index in [-0.39, 0.29) is 12.0 Å². The lowest BCUT2D eigenvalue weighted by atomic mass is 9.86. The number of benzene rings is 2. The molecule has 0 saturated carbocycles. The number of hydrogen-bond acceptors (Lipinski definition) is 3. The van der Waals surface area contributed by atoms with Crippen molar-refractivity contribution in [3.63, 3.8) is 0 Å². The Morgan fingerprint density at radius 1 is 1.00 bits per heavy atom. The zero-order valence-corrected chi connectivity index (χ0v) is 13.0. The van der Waals surface area contributed by atoms with Crippen molar-refractivity contribution in [1.82, 2.24) is 0 Å². The Morgan fingerprint density at radius 2 is 1.71 bits per heavy atom. The van der Waals surface area contributed by atoms with Crippen LogP contribution < -0.4 is 9.47 Å². The molecular formula is C18H22O3. The number of methoxy groups -OCH3 is 1. The first-order valence-corrected chi connectivity index (χ1v) is 7.01. The third-order valence-electron chi connectivity index (χ3n) is 3.36. The van der Waals surface area contributed by atoms with Crippen LogP contribution >= 0.6 is 0 Å². The zero-order chi connectivity index (χ0) is 15.5. The van der Waals surface area contributed by atoms with Gasteiger partial charge in [0.15, 0.2) is 0 Å². The standard InChI is InChI=1S/C18H22O3/c1-18(2,3)15-11-14(20-4)9-10-17(15)21-16-8-6-5-7-13(16)12-19/h5-11,19H,12H2,1-4H3. The van der Waals surface area contributed by atoms with E-state index in [1.54, 1.807) is 7.11 Å². The summed E-state index contributed by atoms with van der Waals surface area (Å²) in [6.07, 6.45) is 0. The molecule has 21 heavy (non-hydrogen) atoms. The Morgan fingerprint density at radius 3 is 2.33 bits per heavy atom. The molecule has 0 aromatic heterocycles. The van der Waals surface area contributed by atoms with E-state index in [1.165, 1.54) is 0 Å². The Hall–Kier alpha value is -2.00. The van der Waals surface area contributed by atoms with E-state index in [2.05, 4.69) is 20.8 Å². The highest BCUT2D eigenvalue weighted by atomic mass is 16.5. The maximum atomic E-state index is 9.41. The summed E-state index contributed by atoms with van der Waals surface area (Å²) < 4.78 is 11.3. The first kappa shape index (κ1) is 15.4. The lowest BCUT2D eigenvalue weighted by molar-refractivity contribution is 0.276. The van der Waals surface area contributed by atoms with Crippen LogP contribution in [0.25, 0.3) is 0 Å². The third-order valence-corrected chi connectivity index (χ3v) is 3.36. The summed E-state index contributed by atoms with van der Waals surface area (Å²) in [5.74, 6) is 2.27. The molecule has 0 fully saturated rings. The van der Waals surface area contributed by atoms with Gasteiger partial charge in [-0.05, 0) is 29.7 Å². The Labute approximate surface area is 126 Å². The van der Waals surface area contributed by atoms with Crippen LogP contribution in [0.4, 0.5) is 0 Å². The zero-order valence-electron chi connectivity index (χ0n) is 13.0. The van der Waals surface area contributed by atoms with Crippen LogP contribution in [0.2, 0.25) is 0 Å². The minimum absolute atomic E-state index is 0.0445. The summed E-state index contributed by atoms with van der Waals surface area (Å²) in [6.45, 7) is 6.35. The molecule has 112 valence electrons. The quantitative estimate of drug-likeness (QED) is 0.912. The van der Waals surface area contributed by atoms with Gasteiger partial charge in [0.2, 0.25) is 0 Å². The molecule has 0 heterocycles. The van der Waals surface area contributed by atoms with Crippen molar-refractivity contribution in [3.05, 3.63) is 53.6 Å². The first-order chi connectivity index (χ1) is 9.95. The number of ether oxygens (including phenoxy) is 2. The highest BCUT2D eigenvalue weighted by molar-refractivity contribution is 5.47. The predicted octanol–water partition coefficient (Wildman–Crippen LogP) is 4.28. The number of para-hydroxylation sites is 1. The minimum Gasteiger partial charge on any atom is -0.497 e.